The van der Waals surface area contributed by atoms with Crippen LogP contribution in [0.5, 0.6) is 0 Å². The zero-order valence-corrected chi connectivity index (χ0v) is 16.5. The van der Waals surface area contributed by atoms with E-state index in [4.69, 9.17) is 11.6 Å². The fraction of sp³-hybridized carbons (Fsp3) is 0.250. The highest BCUT2D eigenvalue weighted by Gasteiger charge is 2.11. The van der Waals surface area contributed by atoms with Crippen molar-refractivity contribution in [3.05, 3.63) is 77.0 Å². The lowest BCUT2D eigenvalue weighted by atomic mass is 10.2. The monoisotopic (exact) mass is 382 g/mol. The van der Waals surface area contributed by atoms with Crippen molar-refractivity contribution in [2.45, 2.75) is 20.0 Å². The number of hydrogen-bond donors (Lipinski definition) is 1. The van der Waals surface area contributed by atoms with E-state index in [0.717, 1.165) is 34.7 Å². The number of aromatic nitrogens is 3. The Kier molecular flexibility index (Phi) is 6.08. The molecule has 0 aliphatic heterocycles. The predicted molar refractivity (Wildman–Crippen MR) is 109 cm³/mol. The molecule has 0 radical (unpaired) electrons. The summed E-state index contributed by atoms with van der Waals surface area (Å²) < 4.78 is 1.98. The van der Waals surface area contributed by atoms with E-state index in [0.29, 0.717) is 6.54 Å². The molecule has 0 atom stereocenters. The van der Waals surface area contributed by atoms with Gasteiger partial charge in [-0.05, 0) is 30.7 Å². The molecule has 2 heterocycles. The molecule has 0 amide bonds. The molecule has 0 aliphatic carbocycles. The molecule has 7 heteroatoms. The highest BCUT2D eigenvalue weighted by Crippen LogP contribution is 2.14. The Morgan fingerprint density at radius 2 is 1.96 bits per heavy atom. The summed E-state index contributed by atoms with van der Waals surface area (Å²) in [5.74, 6) is 2.58. The zero-order valence-electron chi connectivity index (χ0n) is 15.7. The maximum absolute atomic E-state index is 5.96. The lowest BCUT2D eigenvalue weighted by Crippen LogP contribution is -2.38. The predicted octanol–water partition coefficient (Wildman–Crippen LogP) is 3.44. The molecule has 1 N–H and O–H groups in total. The first-order chi connectivity index (χ1) is 13.1. The molecule has 6 nitrogen and oxygen atoms in total. The van der Waals surface area contributed by atoms with Gasteiger partial charge in [-0.1, -0.05) is 29.8 Å². The fourth-order valence-electron chi connectivity index (χ4n) is 2.88. The molecule has 140 valence electrons. The van der Waals surface area contributed by atoms with Crippen LogP contribution in [0.4, 0.5) is 0 Å². The van der Waals surface area contributed by atoms with E-state index in [1.165, 1.54) is 5.56 Å². The van der Waals surface area contributed by atoms with E-state index in [9.17, 15) is 0 Å². The van der Waals surface area contributed by atoms with Gasteiger partial charge in [-0.25, -0.2) is 9.97 Å². The van der Waals surface area contributed by atoms with Crippen LogP contribution in [0.2, 0.25) is 5.02 Å². The molecule has 1 aromatic carbocycles. The maximum atomic E-state index is 5.96. The van der Waals surface area contributed by atoms with E-state index in [1.54, 1.807) is 19.4 Å². The highest BCUT2D eigenvalue weighted by molar-refractivity contribution is 6.30. The van der Waals surface area contributed by atoms with E-state index in [-0.39, 0.29) is 0 Å². The van der Waals surface area contributed by atoms with Crippen molar-refractivity contribution in [1.82, 2.24) is 24.8 Å². The number of guanidine groups is 1. The molecule has 27 heavy (non-hydrogen) atoms. The van der Waals surface area contributed by atoms with E-state index in [2.05, 4.69) is 31.2 Å². The molecule has 0 bridgehead atoms. The Hall–Kier alpha value is -2.86. The Morgan fingerprint density at radius 3 is 2.63 bits per heavy atom. The molecular formula is C20H23ClN6. The van der Waals surface area contributed by atoms with Crippen LogP contribution in [-0.2, 0) is 13.1 Å². The lowest BCUT2D eigenvalue weighted by molar-refractivity contribution is 0.476. The molecule has 3 aromatic rings. The topological polar surface area (TPSA) is 58.3 Å². The van der Waals surface area contributed by atoms with Crippen LogP contribution in [0.3, 0.4) is 0 Å². The Morgan fingerprint density at radius 1 is 1.19 bits per heavy atom. The van der Waals surface area contributed by atoms with Gasteiger partial charge in [0.25, 0.3) is 0 Å². The summed E-state index contributed by atoms with van der Waals surface area (Å²) in [5, 5.41) is 4.15. The first-order valence-electron chi connectivity index (χ1n) is 8.69. The number of nitrogens with zero attached hydrogens (tertiary/aromatic N) is 5. The van der Waals surface area contributed by atoms with Gasteiger partial charge in [0.15, 0.2) is 5.96 Å². The van der Waals surface area contributed by atoms with Crippen molar-refractivity contribution in [2.24, 2.45) is 4.99 Å². The van der Waals surface area contributed by atoms with Gasteiger partial charge in [0.2, 0.25) is 0 Å². The fourth-order valence-corrected chi connectivity index (χ4v) is 3.01. The average Bonchev–Trinajstić information content (AvgIpc) is 3.10. The second kappa shape index (κ2) is 8.68. The first kappa shape index (κ1) is 18.9. The van der Waals surface area contributed by atoms with Crippen molar-refractivity contribution in [3.63, 3.8) is 0 Å². The average molecular weight is 383 g/mol. The lowest BCUT2D eigenvalue weighted by Gasteiger charge is -2.22. The van der Waals surface area contributed by atoms with Crippen molar-refractivity contribution in [3.8, 4) is 5.82 Å². The molecule has 3 rings (SSSR count). The van der Waals surface area contributed by atoms with Gasteiger partial charge in [0.05, 0.1) is 0 Å². The number of benzene rings is 1. The summed E-state index contributed by atoms with van der Waals surface area (Å²) in [6.45, 7) is 3.31. The van der Waals surface area contributed by atoms with Crippen molar-refractivity contribution in [1.29, 1.82) is 0 Å². The minimum atomic E-state index is 0.610. The number of imidazole rings is 1. The molecular weight excluding hydrogens is 360 g/mol. The molecule has 0 saturated heterocycles. The molecule has 0 fully saturated rings. The van der Waals surface area contributed by atoms with Crippen LogP contribution >= 0.6 is 11.6 Å². The molecule has 0 aliphatic rings. The van der Waals surface area contributed by atoms with E-state index < -0.39 is 0 Å². The summed E-state index contributed by atoms with van der Waals surface area (Å²) in [4.78, 5) is 15.3. The second-order valence-corrected chi connectivity index (χ2v) is 6.65. The normalized spacial score (nSPS) is 11.5. The quantitative estimate of drug-likeness (QED) is 0.542. The summed E-state index contributed by atoms with van der Waals surface area (Å²) in [6.07, 6.45) is 5.49. The van der Waals surface area contributed by atoms with Crippen LogP contribution in [0.15, 0.2) is 60.0 Å². The van der Waals surface area contributed by atoms with Crippen molar-refractivity contribution >= 4 is 17.6 Å². The van der Waals surface area contributed by atoms with Crippen molar-refractivity contribution in [2.75, 3.05) is 14.1 Å². The van der Waals surface area contributed by atoms with Crippen LogP contribution in [0.25, 0.3) is 5.82 Å². The standard InChI is InChI=1S/C20H23ClN6/c1-15-23-11-12-27(15)19-17(5-4-10-24-19)13-25-20(22-2)26(3)14-16-6-8-18(21)9-7-16/h4-12H,13-14H2,1-3H3,(H,22,25). The van der Waals surface area contributed by atoms with Gasteiger partial charge in [-0.2, -0.15) is 0 Å². The van der Waals surface area contributed by atoms with Crippen LogP contribution in [-0.4, -0.2) is 39.5 Å². The second-order valence-electron chi connectivity index (χ2n) is 6.21. The molecule has 0 unspecified atom stereocenters. The minimum absolute atomic E-state index is 0.610. The van der Waals surface area contributed by atoms with Gasteiger partial charge in [-0.15, -0.1) is 0 Å². The minimum Gasteiger partial charge on any atom is -0.352 e. The summed E-state index contributed by atoms with van der Waals surface area (Å²) in [6, 6.07) is 11.8. The maximum Gasteiger partial charge on any atom is 0.193 e. The summed E-state index contributed by atoms with van der Waals surface area (Å²) >= 11 is 5.96. The number of aryl methyl sites for hydroxylation is 1. The van der Waals surface area contributed by atoms with Gasteiger partial charge in [0.1, 0.15) is 11.6 Å². The van der Waals surface area contributed by atoms with Gasteiger partial charge < -0.3 is 10.2 Å². The van der Waals surface area contributed by atoms with Gasteiger partial charge in [-0.3, -0.25) is 9.56 Å². The molecule has 2 aromatic heterocycles. The zero-order chi connectivity index (χ0) is 19.2. The summed E-state index contributed by atoms with van der Waals surface area (Å²) in [7, 11) is 3.79. The van der Waals surface area contributed by atoms with Crippen LogP contribution < -0.4 is 5.32 Å². The SMILES string of the molecule is CN=C(NCc1cccnc1-n1ccnc1C)N(C)Cc1ccc(Cl)cc1. The third-order valence-electron chi connectivity index (χ3n) is 4.26. The van der Waals surface area contributed by atoms with Crippen LogP contribution in [0, 0.1) is 6.92 Å². The Labute approximate surface area is 164 Å². The van der Waals surface area contributed by atoms with Gasteiger partial charge >= 0.3 is 0 Å². The van der Waals surface area contributed by atoms with Crippen LogP contribution in [0.1, 0.15) is 17.0 Å². The van der Waals surface area contributed by atoms with Crippen molar-refractivity contribution < 1.29 is 0 Å². The van der Waals surface area contributed by atoms with E-state index in [1.807, 2.05) is 55.1 Å². The number of hydrogen-bond acceptors (Lipinski definition) is 3. The third-order valence-corrected chi connectivity index (χ3v) is 4.52. The van der Waals surface area contributed by atoms with Gasteiger partial charge in [0, 0.05) is 56.4 Å². The number of aliphatic imine (C=N–C) groups is 1. The number of nitrogens with one attached hydrogen (secondary N) is 1. The van der Waals surface area contributed by atoms with E-state index >= 15 is 0 Å². The number of rotatable bonds is 5. The molecule has 0 saturated carbocycles. The Bertz CT molecular complexity index is 916. The molecule has 0 spiro atoms. The Balaban J connectivity index is 1.70. The smallest absolute Gasteiger partial charge is 0.193 e. The number of halogens is 1. The highest BCUT2D eigenvalue weighted by atomic mass is 35.5. The number of pyridine rings is 1. The first-order valence-corrected chi connectivity index (χ1v) is 9.06. The third kappa shape index (κ3) is 4.65. The largest absolute Gasteiger partial charge is 0.352 e. The summed E-state index contributed by atoms with van der Waals surface area (Å²) in [5.41, 5.74) is 2.24.